The second kappa shape index (κ2) is 8.88. The summed E-state index contributed by atoms with van der Waals surface area (Å²) >= 11 is 0. The first-order chi connectivity index (χ1) is 16.0. The van der Waals surface area contributed by atoms with Crippen molar-refractivity contribution in [3.63, 3.8) is 0 Å². The number of benzene rings is 1. The molecule has 0 bridgehead atoms. The number of rotatable bonds is 5. The summed E-state index contributed by atoms with van der Waals surface area (Å²) in [7, 11) is -0.446. The molecule has 0 aliphatic carbocycles. The molecule has 1 aliphatic rings. The van der Waals surface area contributed by atoms with Gasteiger partial charge in [0.05, 0.1) is 6.20 Å². The average molecular weight is 449 g/mol. The third kappa shape index (κ3) is 4.31. The fraction of sp³-hybridized carbons (Fsp3) is 0.261. The number of fused-ring (bicyclic) bond motifs is 1. The van der Waals surface area contributed by atoms with Gasteiger partial charge in [0.2, 0.25) is 0 Å². The zero-order chi connectivity index (χ0) is 22.9. The largest absolute Gasteiger partial charge is 0.490 e. The number of halogens is 2. The highest BCUT2D eigenvalue weighted by Gasteiger charge is 2.25. The number of pyridine rings is 2. The van der Waals surface area contributed by atoms with E-state index in [1.54, 1.807) is 29.7 Å². The van der Waals surface area contributed by atoms with Gasteiger partial charge in [-0.3, -0.25) is 4.57 Å². The molecule has 0 unspecified atom stereocenters. The van der Waals surface area contributed by atoms with Gasteiger partial charge in [-0.25, -0.2) is 23.7 Å². The van der Waals surface area contributed by atoms with Gasteiger partial charge in [-0.05, 0) is 69.2 Å². The van der Waals surface area contributed by atoms with E-state index in [9.17, 15) is 13.8 Å². The summed E-state index contributed by atoms with van der Waals surface area (Å²) < 4.78 is 35.8. The van der Waals surface area contributed by atoms with Crippen molar-refractivity contribution in [1.29, 1.82) is 0 Å². The lowest BCUT2D eigenvalue weighted by atomic mass is 9.82. The van der Waals surface area contributed by atoms with E-state index < -0.39 is 18.7 Å². The Morgan fingerprint density at radius 1 is 1.09 bits per heavy atom. The highest BCUT2D eigenvalue weighted by Crippen LogP contribution is 2.29. The lowest BCUT2D eigenvalue weighted by Crippen LogP contribution is -2.45. The number of hydrogen-bond acceptors (Lipinski definition) is 6. The fourth-order valence-corrected chi connectivity index (χ4v) is 4.13. The molecule has 1 N–H and O–H groups in total. The fourth-order valence-electron chi connectivity index (χ4n) is 4.13. The van der Waals surface area contributed by atoms with E-state index >= 15 is 0 Å². The van der Waals surface area contributed by atoms with Gasteiger partial charge < -0.3 is 14.6 Å². The van der Waals surface area contributed by atoms with Crippen LogP contribution in [-0.2, 0) is 0 Å². The Hall–Kier alpha value is -3.37. The number of nitrogens with zero attached hydrogens (tertiary/aromatic N) is 5. The van der Waals surface area contributed by atoms with Gasteiger partial charge in [-0.2, -0.15) is 0 Å². The summed E-state index contributed by atoms with van der Waals surface area (Å²) in [6.45, 7) is 3.34. The van der Waals surface area contributed by atoms with Crippen molar-refractivity contribution in [2.24, 2.45) is 0 Å². The molecule has 3 aromatic heterocycles. The molecule has 0 spiro atoms. The SMILES string of the molecule is CB(O)N1CCC(Oc2ccc(-n3c(-c4ncc(F)cc4F)nc4cccnc43)cc2)CC1. The molecule has 4 aromatic rings. The third-order valence-corrected chi connectivity index (χ3v) is 5.84. The van der Waals surface area contributed by atoms with Crippen LogP contribution < -0.4 is 4.74 Å². The summed E-state index contributed by atoms with van der Waals surface area (Å²) in [5, 5.41) is 9.71. The van der Waals surface area contributed by atoms with Gasteiger partial charge in [-0.1, -0.05) is 0 Å². The van der Waals surface area contributed by atoms with Crippen molar-refractivity contribution in [1.82, 2.24) is 24.3 Å². The molecule has 10 heteroatoms. The number of hydrogen-bond donors (Lipinski definition) is 1. The van der Waals surface area contributed by atoms with Crippen molar-refractivity contribution >= 4 is 18.2 Å². The molecule has 33 heavy (non-hydrogen) atoms. The number of imidazole rings is 1. The number of ether oxygens (including phenoxy) is 1. The van der Waals surface area contributed by atoms with Gasteiger partial charge in [0.15, 0.2) is 17.3 Å². The normalized spacial score (nSPS) is 15.2. The Balaban J connectivity index is 1.45. The van der Waals surface area contributed by atoms with Crippen LogP contribution in [0.5, 0.6) is 5.75 Å². The van der Waals surface area contributed by atoms with E-state index in [4.69, 9.17) is 4.74 Å². The van der Waals surface area contributed by atoms with Crippen molar-refractivity contribution in [3.8, 4) is 23.0 Å². The Morgan fingerprint density at radius 2 is 1.85 bits per heavy atom. The average Bonchev–Trinajstić information content (AvgIpc) is 3.19. The minimum absolute atomic E-state index is 0.0559. The second-order valence-corrected chi connectivity index (χ2v) is 8.08. The van der Waals surface area contributed by atoms with Crippen LogP contribution in [0.25, 0.3) is 28.4 Å². The summed E-state index contributed by atoms with van der Waals surface area (Å²) in [6, 6.07) is 11.7. The summed E-state index contributed by atoms with van der Waals surface area (Å²) in [5.74, 6) is -0.590. The van der Waals surface area contributed by atoms with E-state index in [1.165, 1.54) is 0 Å². The van der Waals surface area contributed by atoms with Crippen molar-refractivity contribution in [2.45, 2.75) is 25.8 Å². The Kier molecular flexibility index (Phi) is 5.78. The Bertz CT molecular complexity index is 1270. The standard InChI is InChI=1S/C23H22BF2N5O2/c1-24(32)30-11-8-18(9-12-30)33-17-6-4-16(5-7-17)31-22-20(3-2-10-27-22)29-23(31)21-19(26)13-15(25)14-28-21/h2-7,10,13-14,18,32H,8-9,11-12H2,1H3. The highest BCUT2D eigenvalue weighted by atomic mass is 19.1. The third-order valence-electron chi connectivity index (χ3n) is 5.84. The second-order valence-electron chi connectivity index (χ2n) is 8.08. The van der Waals surface area contributed by atoms with Gasteiger partial charge >= 0.3 is 7.05 Å². The highest BCUT2D eigenvalue weighted by molar-refractivity contribution is 6.45. The zero-order valence-corrected chi connectivity index (χ0v) is 18.0. The Labute approximate surface area is 189 Å². The van der Waals surface area contributed by atoms with Crippen LogP contribution in [0.3, 0.4) is 0 Å². The summed E-state index contributed by atoms with van der Waals surface area (Å²) in [5.41, 5.74) is 1.76. The molecular weight excluding hydrogens is 427 g/mol. The molecule has 4 heterocycles. The first-order valence-corrected chi connectivity index (χ1v) is 10.8. The van der Waals surface area contributed by atoms with Crippen LogP contribution in [0.4, 0.5) is 8.78 Å². The lowest BCUT2D eigenvalue weighted by Gasteiger charge is -2.32. The van der Waals surface area contributed by atoms with E-state index in [0.717, 1.165) is 43.9 Å². The molecule has 0 radical (unpaired) electrons. The Morgan fingerprint density at radius 3 is 2.55 bits per heavy atom. The van der Waals surface area contributed by atoms with Crippen molar-refractivity contribution < 1.29 is 18.5 Å². The van der Waals surface area contributed by atoms with Crippen molar-refractivity contribution in [2.75, 3.05) is 13.1 Å². The number of piperidine rings is 1. The molecule has 0 amide bonds. The molecule has 7 nitrogen and oxygen atoms in total. The van der Waals surface area contributed by atoms with E-state index in [-0.39, 0.29) is 17.6 Å². The molecule has 168 valence electrons. The maximum absolute atomic E-state index is 14.5. The predicted octanol–water partition coefficient (Wildman–Crippen LogP) is 3.71. The van der Waals surface area contributed by atoms with Gasteiger partial charge in [0, 0.05) is 18.0 Å². The molecule has 0 saturated carbocycles. The van der Waals surface area contributed by atoms with Crippen LogP contribution in [0, 0.1) is 11.6 Å². The maximum Gasteiger partial charge on any atom is 0.376 e. The predicted molar refractivity (Wildman–Crippen MR) is 121 cm³/mol. The zero-order valence-electron chi connectivity index (χ0n) is 18.0. The minimum Gasteiger partial charge on any atom is -0.490 e. The van der Waals surface area contributed by atoms with Crippen LogP contribution in [0.1, 0.15) is 12.8 Å². The van der Waals surface area contributed by atoms with Crippen LogP contribution in [0.15, 0.2) is 54.9 Å². The molecule has 1 fully saturated rings. The quantitative estimate of drug-likeness (QED) is 0.469. The molecule has 1 saturated heterocycles. The van der Waals surface area contributed by atoms with E-state index in [0.29, 0.717) is 16.9 Å². The van der Waals surface area contributed by atoms with Gasteiger partial charge in [-0.15, -0.1) is 0 Å². The lowest BCUT2D eigenvalue weighted by molar-refractivity contribution is 0.128. The topological polar surface area (TPSA) is 76.3 Å². The van der Waals surface area contributed by atoms with Crippen molar-refractivity contribution in [3.05, 3.63) is 66.5 Å². The minimum atomic E-state index is -0.796. The van der Waals surface area contributed by atoms with Crippen LogP contribution in [-0.4, -0.2) is 55.6 Å². The van der Waals surface area contributed by atoms with E-state index in [1.807, 2.05) is 29.1 Å². The summed E-state index contributed by atoms with van der Waals surface area (Å²) in [4.78, 5) is 14.9. The van der Waals surface area contributed by atoms with Crippen LogP contribution >= 0.6 is 0 Å². The first-order valence-electron chi connectivity index (χ1n) is 10.8. The van der Waals surface area contributed by atoms with E-state index in [2.05, 4.69) is 15.0 Å². The maximum atomic E-state index is 14.5. The smallest absolute Gasteiger partial charge is 0.376 e. The van der Waals surface area contributed by atoms with Crippen LogP contribution in [0.2, 0.25) is 6.82 Å². The first kappa shape index (κ1) is 21.5. The molecule has 1 aromatic carbocycles. The molecule has 1 aliphatic heterocycles. The monoisotopic (exact) mass is 449 g/mol. The van der Waals surface area contributed by atoms with Gasteiger partial charge in [0.1, 0.15) is 28.9 Å². The molecular formula is C23H22BF2N5O2. The van der Waals surface area contributed by atoms with Gasteiger partial charge in [0.25, 0.3) is 0 Å². The molecule has 0 atom stereocenters. The summed E-state index contributed by atoms with van der Waals surface area (Å²) in [6.07, 6.45) is 4.35. The number of aromatic nitrogens is 4. The molecule has 5 rings (SSSR count).